The van der Waals surface area contributed by atoms with E-state index in [4.69, 9.17) is 0 Å². The third-order valence-electron chi connectivity index (χ3n) is 2.46. The first-order chi connectivity index (χ1) is 8.49. The summed E-state index contributed by atoms with van der Waals surface area (Å²) in [5, 5.41) is 9.98. The first kappa shape index (κ1) is 14.7. The molecule has 0 aliphatic heterocycles. The van der Waals surface area contributed by atoms with Crippen LogP contribution >= 0.6 is 0 Å². The van der Waals surface area contributed by atoms with Crippen LogP contribution in [-0.4, -0.2) is 36.4 Å². The summed E-state index contributed by atoms with van der Waals surface area (Å²) in [6.07, 6.45) is -4.44. The summed E-state index contributed by atoms with van der Waals surface area (Å²) in [4.78, 5) is 1.87. The minimum Gasteiger partial charge on any atom is -0.354 e. The average Bonchev–Trinajstić information content (AvgIpc) is 2.34. The average molecular weight is 262 g/mol. The van der Waals surface area contributed by atoms with Crippen LogP contribution in [-0.2, 0) is 6.18 Å². The number of aromatic nitrogens is 2. The maximum Gasteiger partial charge on any atom is 0.435 e. The molecule has 1 aromatic rings. The van der Waals surface area contributed by atoms with Crippen LogP contribution in [0.25, 0.3) is 0 Å². The number of nitrogens with one attached hydrogen (secondary N) is 1. The van der Waals surface area contributed by atoms with Gasteiger partial charge in [-0.25, -0.2) is 0 Å². The Morgan fingerprint density at radius 3 is 2.39 bits per heavy atom. The molecule has 0 radical (unpaired) electrons. The fourth-order valence-corrected chi connectivity index (χ4v) is 1.47. The van der Waals surface area contributed by atoms with Crippen LogP contribution in [0.15, 0.2) is 12.1 Å². The van der Waals surface area contributed by atoms with Crippen molar-refractivity contribution in [2.24, 2.45) is 0 Å². The summed E-state index contributed by atoms with van der Waals surface area (Å²) >= 11 is 0. The van der Waals surface area contributed by atoms with Crippen molar-refractivity contribution in [3.05, 3.63) is 17.8 Å². The van der Waals surface area contributed by atoms with Crippen LogP contribution < -0.4 is 10.2 Å². The van der Waals surface area contributed by atoms with Gasteiger partial charge < -0.3 is 10.2 Å². The zero-order chi connectivity index (χ0) is 13.6. The van der Waals surface area contributed by atoms with E-state index in [9.17, 15) is 13.2 Å². The highest BCUT2D eigenvalue weighted by Crippen LogP contribution is 2.27. The first-order valence-corrected chi connectivity index (χ1v) is 5.85. The van der Waals surface area contributed by atoms with Gasteiger partial charge in [0.15, 0.2) is 11.5 Å². The molecule has 0 aliphatic carbocycles. The molecule has 1 rings (SSSR count). The predicted molar refractivity (Wildman–Crippen MR) is 63.5 cm³/mol. The number of hydrogen-bond donors (Lipinski definition) is 1. The van der Waals surface area contributed by atoms with Crippen molar-refractivity contribution < 1.29 is 13.2 Å². The Labute approximate surface area is 104 Å². The monoisotopic (exact) mass is 262 g/mol. The minimum absolute atomic E-state index is 0.461. The SMILES string of the molecule is CCNCCN(CC)c1ccc(C(F)(F)F)nn1. The number of hydrogen-bond acceptors (Lipinski definition) is 4. The molecule has 7 heteroatoms. The van der Waals surface area contributed by atoms with E-state index in [0.717, 1.165) is 19.2 Å². The molecule has 0 saturated carbocycles. The van der Waals surface area contributed by atoms with Crippen molar-refractivity contribution in [1.82, 2.24) is 15.5 Å². The summed E-state index contributed by atoms with van der Waals surface area (Å²) in [5.41, 5.74) is -0.964. The number of rotatable bonds is 6. The number of anilines is 1. The molecule has 102 valence electrons. The normalized spacial score (nSPS) is 11.6. The Morgan fingerprint density at radius 1 is 1.22 bits per heavy atom. The van der Waals surface area contributed by atoms with Crippen molar-refractivity contribution >= 4 is 5.82 Å². The Hall–Kier alpha value is -1.37. The molecule has 0 spiro atoms. The molecular formula is C11H17F3N4. The van der Waals surface area contributed by atoms with Crippen LogP contribution in [0.3, 0.4) is 0 Å². The molecule has 0 aliphatic rings. The lowest BCUT2D eigenvalue weighted by Crippen LogP contribution is -2.32. The van der Waals surface area contributed by atoms with Crippen LogP contribution in [0.5, 0.6) is 0 Å². The smallest absolute Gasteiger partial charge is 0.354 e. The summed E-state index contributed by atoms with van der Waals surface area (Å²) in [7, 11) is 0. The second kappa shape index (κ2) is 6.53. The number of likely N-dealkylation sites (N-methyl/N-ethyl adjacent to an activating group) is 2. The zero-order valence-corrected chi connectivity index (χ0v) is 10.5. The Kier molecular flexibility index (Phi) is 5.33. The summed E-state index contributed by atoms with van der Waals surface area (Å²) in [6.45, 7) is 6.89. The van der Waals surface area contributed by atoms with Gasteiger partial charge in [-0.1, -0.05) is 6.92 Å². The fraction of sp³-hybridized carbons (Fsp3) is 0.636. The summed E-state index contributed by atoms with van der Waals surface area (Å²) < 4.78 is 37.0. The lowest BCUT2D eigenvalue weighted by atomic mass is 10.3. The van der Waals surface area contributed by atoms with Crippen molar-refractivity contribution in [3.8, 4) is 0 Å². The van der Waals surface area contributed by atoms with Crippen molar-refractivity contribution in [2.45, 2.75) is 20.0 Å². The van der Waals surface area contributed by atoms with Gasteiger partial charge in [0.25, 0.3) is 0 Å². The molecule has 1 aromatic heterocycles. The highest BCUT2D eigenvalue weighted by Gasteiger charge is 2.33. The van der Waals surface area contributed by atoms with Gasteiger partial charge in [-0.2, -0.15) is 13.2 Å². The predicted octanol–water partition coefficient (Wildman–Crippen LogP) is 1.93. The molecular weight excluding hydrogens is 245 g/mol. The van der Waals surface area contributed by atoms with Gasteiger partial charge >= 0.3 is 6.18 Å². The van der Waals surface area contributed by atoms with E-state index in [1.165, 1.54) is 6.07 Å². The van der Waals surface area contributed by atoms with Crippen LogP contribution in [0.4, 0.5) is 19.0 Å². The lowest BCUT2D eigenvalue weighted by Gasteiger charge is -2.21. The summed E-state index contributed by atoms with van der Waals surface area (Å²) in [5.74, 6) is 0.461. The van der Waals surface area contributed by atoms with Crippen LogP contribution in [0.1, 0.15) is 19.5 Å². The molecule has 0 saturated heterocycles. The number of alkyl halides is 3. The fourth-order valence-electron chi connectivity index (χ4n) is 1.47. The van der Waals surface area contributed by atoms with Gasteiger partial charge in [-0.05, 0) is 25.6 Å². The largest absolute Gasteiger partial charge is 0.435 e. The highest BCUT2D eigenvalue weighted by molar-refractivity contribution is 5.37. The van der Waals surface area contributed by atoms with E-state index in [2.05, 4.69) is 15.5 Å². The second-order valence-electron chi connectivity index (χ2n) is 3.71. The molecule has 4 nitrogen and oxygen atoms in total. The molecule has 1 N–H and O–H groups in total. The summed E-state index contributed by atoms with van der Waals surface area (Å²) in [6, 6.07) is 2.31. The molecule has 1 heterocycles. The Bertz CT molecular complexity index is 350. The van der Waals surface area contributed by atoms with Gasteiger partial charge in [0.05, 0.1) is 0 Å². The molecule has 0 atom stereocenters. The number of nitrogens with zero attached hydrogens (tertiary/aromatic N) is 3. The van der Waals surface area contributed by atoms with Crippen LogP contribution in [0, 0.1) is 0 Å². The van der Waals surface area contributed by atoms with Crippen molar-refractivity contribution in [2.75, 3.05) is 31.1 Å². The maximum absolute atomic E-state index is 12.3. The number of halogens is 3. The highest BCUT2D eigenvalue weighted by atomic mass is 19.4. The first-order valence-electron chi connectivity index (χ1n) is 5.85. The van der Waals surface area contributed by atoms with Gasteiger partial charge in [-0.15, -0.1) is 10.2 Å². The van der Waals surface area contributed by atoms with E-state index >= 15 is 0 Å². The molecule has 0 aromatic carbocycles. The van der Waals surface area contributed by atoms with E-state index in [1.807, 2.05) is 18.7 Å². The second-order valence-corrected chi connectivity index (χ2v) is 3.71. The lowest BCUT2D eigenvalue weighted by molar-refractivity contribution is -0.141. The molecule has 0 amide bonds. The van der Waals surface area contributed by atoms with E-state index in [1.54, 1.807) is 0 Å². The van der Waals surface area contributed by atoms with Crippen molar-refractivity contribution in [3.63, 3.8) is 0 Å². The molecule has 0 unspecified atom stereocenters. The minimum atomic E-state index is -4.44. The quantitative estimate of drug-likeness (QED) is 0.795. The third kappa shape index (κ3) is 4.14. The van der Waals surface area contributed by atoms with Crippen molar-refractivity contribution in [1.29, 1.82) is 0 Å². The van der Waals surface area contributed by atoms with Gasteiger partial charge in [0.1, 0.15) is 0 Å². The van der Waals surface area contributed by atoms with E-state index < -0.39 is 11.9 Å². The topological polar surface area (TPSA) is 41.0 Å². The zero-order valence-electron chi connectivity index (χ0n) is 10.5. The maximum atomic E-state index is 12.3. The Morgan fingerprint density at radius 2 is 1.94 bits per heavy atom. The van der Waals surface area contributed by atoms with E-state index in [-0.39, 0.29) is 0 Å². The Balaban J connectivity index is 2.69. The van der Waals surface area contributed by atoms with Gasteiger partial charge in [0, 0.05) is 19.6 Å². The third-order valence-corrected chi connectivity index (χ3v) is 2.46. The molecule has 0 fully saturated rings. The van der Waals surface area contributed by atoms with Gasteiger partial charge in [-0.3, -0.25) is 0 Å². The molecule has 18 heavy (non-hydrogen) atoms. The molecule has 0 bridgehead atoms. The van der Waals surface area contributed by atoms with Gasteiger partial charge in [0.2, 0.25) is 0 Å². The van der Waals surface area contributed by atoms with E-state index in [0.29, 0.717) is 18.9 Å². The van der Waals surface area contributed by atoms with Crippen LogP contribution in [0.2, 0.25) is 0 Å². The standard InChI is InChI=1S/C11H17F3N4/c1-3-15-7-8-18(4-2)10-6-5-9(16-17-10)11(12,13)14/h5-6,15H,3-4,7-8H2,1-2H3.